The van der Waals surface area contributed by atoms with Gasteiger partial charge >= 0.3 is 0 Å². The molecule has 5 aromatic rings. The summed E-state index contributed by atoms with van der Waals surface area (Å²) in [6, 6.07) is 23.6. The lowest BCUT2D eigenvalue weighted by molar-refractivity contribution is 0.306. The van der Waals surface area contributed by atoms with Gasteiger partial charge in [-0.05, 0) is 29.8 Å². The van der Waals surface area contributed by atoms with Crippen LogP contribution in [0, 0.1) is 0 Å². The van der Waals surface area contributed by atoms with E-state index in [1.807, 2.05) is 79.8 Å². The highest BCUT2D eigenvalue weighted by Crippen LogP contribution is 2.30. The highest BCUT2D eigenvalue weighted by molar-refractivity contribution is 5.97. The van der Waals surface area contributed by atoms with E-state index < -0.39 is 0 Å². The topological polar surface area (TPSA) is 125 Å². The van der Waals surface area contributed by atoms with Gasteiger partial charge in [0.05, 0.1) is 46.2 Å². The minimum absolute atomic E-state index is 0.536. The molecule has 0 aliphatic heterocycles. The third-order valence-corrected chi connectivity index (χ3v) is 5.22. The Kier molecular flexibility index (Phi) is 6.40. The molecule has 0 aliphatic rings. The van der Waals surface area contributed by atoms with E-state index >= 15 is 0 Å². The molecule has 166 valence electrons. The molecule has 7 heteroatoms. The monoisotopic (exact) mass is 438 g/mol. The van der Waals surface area contributed by atoms with Crippen LogP contribution in [0.3, 0.4) is 0 Å². The lowest BCUT2D eigenvalue weighted by atomic mass is 10.1. The maximum Gasteiger partial charge on any atom is 0.120 e. The minimum atomic E-state index is 0.536. The number of para-hydroxylation sites is 1. The van der Waals surface area contributed by atoms with Gasteiger partial charge in [-0.25, -0.2) is 0 Å². The Morgan fingerprint density at radius 1 is 0.758 bits per heavy atom. The van der Waals surface area contributed by atoms with Crippen molar-refractivity contribution in [2.45, 2.75) is 6.61 Å². The Labute approximate surface area is 192 Å². The second-order valence-corrected chi connectivity index (χ2v) is 7.44. The molecule has 0 radical (unpaired) electrons. The van der Waals surface area contributed by atoms with Gasteiger partial charge in [-0.3, -0.25) is 9.97 Å². The molecule has 0 atom stereocenters. The second-order valence-electron chi connectivity index (χ2n) is 7.44. The third-order valence-electron chi connectivity index (χ3n) is 5.22. The summed E-state index contributed by atoms with van der Waals surface area (Å²) in [5.74, 6) is 0.801. The molecule has 5 rings (SSSR count). The zero-order valence-electron chi connectivity index (χ0n) is 18.3. The van der Waals surface area contributed by atoms with Crippen LogP contribution in [-0.2, 0) is 6.61 Å². The summed E-state index contributed by atoms with van der Waals surface area (Å²) in [5, 5.41) is 4.99. The molecule has 3 aromatic carbocycles. The van der Waals surface area contributed by atoms with Gasteiger partial charge in [0.15, 0.2) is 0 Å². The van der Waals surface area contributed by atoms with Gasteiger partial charge < -0.3 is 27.3 Å². The van der Waals surface area contributed by atoms with Crippen molar-refractivity contribution in [3.05, 3.63) is 90.8 Å². The van der Waals surface area contributed by atoms with Crippen molar-refractivity contribution < 1.29 is 4.74 Å². The number of hydrogen-bond acceptors (Lipinski definition) is 7. The largest absolute Gasteiger partial charge is 0.489 e. The Morgan fingerprint density at radius 3 is 2.18 bits per heavy atom. The van der Waals surface area contributed by atoms with E-state index in [-0.39, 0.29) is 0 Å². The smallest absolute Gasteiger partial charge is 0.120 e. The van der Waals surface area contributed by atoms with E-state index in [1.54, 1.807) is 12.4 Å². The minimum Gasteiger partial charge on any atom is -0.489 e. The molecule has 0 fully saturated rings. The molecule has 33 heavy (non-hydrogen) atoms. The molecular weight excluding hydrogens is 412 g/mol. The number of nitrogens with two attached hydrogens (primary N) is 3. The van der Waals surface area contributed by atoms with Crippen LogP contribution in [-0.4, -0.2) is 17.0 Å². The molecule has 2 heterocycles. The van der Waals surface area contributed by atoms with Crippen molar-refractivity contribution in [1.29, 1.82) is 0 Å². The Balaban J connectivity index is 0.000000183. The maximum absolute atomic E-state index is 5.95. The van der Waals surface area contributed by atoms with Crippen LogP contribution in [0.2, 0.25) is 0 Å². The van der Waals surface area contributed by atoms with Gasteiger partial charge in [-0.1, -0.05) is 48.5 Å². The normalized spacial score (nSPS) is 10.5. The molecule has 0 unspecified atom stereocenters. The van der Waals surface area contributed by atoms with E-state index in [1.165, 1.54) is 0 Å². The molecule has 7 nitrogen and oxygen atoms in total. The molecule has 7 N–H and O–H groups in total. The number of hydrogen-bond donors (Lipinski definition) is 4. The Hall–Kier alpha value is -4.52. The molecule has 0 amide bonds. The zero-order chi connectivity index (χ0) is 23.2. The molecular formula is C26H26N6O. The Bertz CT molecular complexity index is 1390. The van der Waals surface area contributed by atoms with Gasteiger partial charge in [-0.2, -0.15) is 0 Å². The number of rotatable bonds is 4. The van der Waals surface area contributed by atoms with Crippen LogP contribution in [0.15, 0.2) is 85.2 Å². The van der Waals surface area contributed by atoms with Gasteiger partial charge in [0.2, 0.25) is 0 Å². The number of nitrogens with zero attached hydrogens (tertiary/aromatic N) is 2. The van der Waals surface area contributed by atoms with Crippen molar-refractivity contribution >= 4 is 44.6 Å². The zero-order valence-corrected chi connectivity index (χ0v) is 18.3. The standard InChI is InChI=1S/C17H17N3O.C9H9N3/c1-19-17-14-9-13(7-8-16(14)20-10-15(17)18)21-11-12-5-3-2-4-6-12;10-7-5-12-8-4-2-1-3-6(8)9(7)11/h2-10H,11,18H2,1H3,(H,19,20);1-5H,10H2,(H2,11,12). The molecule has 2 aromatic heterocycles. The fourth-order valence-corrected chi connectivity index (χ4v) is 3.47. The third kappa shape index (κ3) is 4.88. The lowest BCUT2D eigenvalue weighted by Crippen LogP contribution is -1.99. The number of anilines is 4. The van der Waals surface area contributed by atoms with Crippen molar-refractivity contribution in [2.75, 3.05) is 29.6 Å². The highest BCUT2D eigenvalue weighted by atomic mass is 16.5. The quantitative estimate of drug-likeness (QED) is 0.316. The summed E-state index contributed by atoms with van der Waals surface area (Å²) >= 11 is 0. The highest BCUT2D eigenvalue weighted by Gasteiger charge is 2.07. The summed E-state index contributed by atoms with van der Waals surface area (Å²) in [5.41, 5.74) is 22.9. The van der Waals surface area contributed by atoms with E-state index in [0.29, 0.717) is 23.7 Å². The summed E-state index contributed by atoms with van der Waals surface area (Å²) in [6.45, 7) is 0.539. The van der Waals surface area contributed by atoms with E-state index in [9.17, 15) is 0 Å². The molecule has 0 bridgehead atoms. The first kappa shape index (κ1) is 21.7. The average molecular weight is 439 g/mol. The number of ether oxygens (including phenoxy) is 1. The van der Waals surface area contributed by atoms with Gasteiger partial charge in [0, 0.05) is 17.8 Å². The van der Waals surface area contributed by atoms with Crippen LogP contribution >= 0.6 is 0 Å². The summed E-state index contributed by atoms with van der Waals surface area (Å²) in [7, 11) is 1.85. The first-order chi connectivity index (χ1) is 16.1. The second kappa shape index (κ2) is 9.74. The first-order valence-corrected chi connectivity index (χ1v) is 10.5. The average Bonchev–Trinajstić information content (AvgIpc) is 2.86. The fraction of sp³-hybridized carbons (Fsp3) is 0.0769. The van der Waals surface area contributed by atoms with Crippen LogP contribution < -0.4 is 27.3 Å². The Morgan fingerprint density at radius 2 is 1.42 bits per heavy atom. The van der Waals surface area contributed by atoms with Gasteiger partial charge in [-0.15, -0.1) is 0 Å². The molecule has 0 spiro atoms. The maximum atomic E-state index is 5.95. The number of benzene rings is 3. The summed E-state index contributed by atoms with van der Waals surface area (Å²) in [4.78, 5) is 8.46. The summed E-state index contributed by atoms with van der Waals surface area (Å²) in [6.07, 6.45) is 3.25. The van der Waals surface area contributed by atoms with Crippen LogP contribution in [0.4, 0.5) is 22.7 Å². The number of aromatic nitrogens is 2. The fourth-order valence-electron chi connectivity index (χ4n) is 3.47. The van der Waals surface area contributed by atoms with E-state index in [0.717, 1.165) is 38.8 Å². The summed E-state index contributed by atoms with van der Waals surface area (Å²) < 4.78 is 5.84. The van der Waals surface area contributed by atoms with Crippen LogP contribution in [0.25, 0.3) is 21.8 Å². The first-order valence-electron chi connectivity index (χ1n) is 10.5. The number of fused-ring (bicyclic) bond motifs is 2. The van der Waals surface area contributed by atoms with E-state index in [2.05, 4.69) is 15.3 Å². The number of nitrogen functional groups attached to an aromatic ring is 3. The lowest BCUT2D eigenvalue weighted by Gasteiger charge is -2.11. The van der Waals surface area contributed by atoms with Crippen molar-refractivity contribution in [3.63, 3.8) is 0 Å². The number of pyridine rings is 2. The van der Waals surface area contributed by atoms with Crippen LogP contribution in [0.5, 0.6) is 5.75 Å². The van der Waals surface area contributed by atoms with Crippen molar-refractivity contribution in [2.24, 2.45) is 0 Å². The van der Waals surface area contributed by atoms with Crippen molar-refractivity contribution in [3.8, 4) is 5.75 Å². The van der Waals surface area contributed by atoms with E-state index in [4.69, 9.17) is 21.9 Å². The predicted molar refractivity (Wildman–Crippen MR) is 137 cm³/mol. The molecule has 0 saturated carbocycles. The van der Waals surface area contributed by atoms with Crippen molar-refractivity contribution in [1.82, 2.24) is 9.97 Å². The number of nitrogens with one attached hydrogen (secondary N) is 1. The van der Waals surface area contributed by atoms with Crippen LogP contribution in [0.1, 0.15) is 5.56 Å². The van der Waals surface area contributed by atoms with Gasteiger partial charge in [0.25, 0.3) is 0 Å². The van der Waals surface area contributed by atoms with Gasteiger partial charge in [0.1, 0.15) is 12.4 Å². The molecule has 0 saturated heterocycles. The predicted octanol–water partition coefficient (Wildman–Crippen LogP) is 4.84. The molecule has 0 aliphatic carbocycles. The SMILES string of the molecule is CNc1c(N)cnc2ccc(OCc3ccccc3)cc12.Nc1cnc2ccccc2c1N.